The van der Waals surface area contributed by atoms with Crippen LogP contribution in [0.1, 0.15) is 26.3 Å². The number of hydrogen-bond donors (Lipinski definition) is 1. The molecule has 1 aromatic rings. The Kier molecular flexibility index (Phi) is 3.59. The Morgan fingerprint density at radius 3 is 2.56 bits per heavy atom. The van der Waals surface area contributed by atoms with E-state index in [1.54, 1.807) is 20.0 Å². The van der Waals surface area contributed by atoms with Gasteiger partial charge in [0.25, 0.3) is 0 Å². The van der Waals surface area contributed by atoms with Gasteiger partial charge in [0, 0.05) is 37.4 Å². The molecular weight excluding hydrogens is 226 g/mol. The Hall–Kier alpha value is -1.13. The maximum atomic E-state index is 9.92. The molecule has 0 aromatic carbocycles. The zero-order valence-electron chi connectivity index (χ0n) is 11.7. The highest BCUT2D eigenvalue weighted by Gasteiger charge is 2.23. The van der Waals surface area contributed by atoms with Gasteiger partial charge in [-0.1, -0.05) is 6.07 Å². The Morgan fingerprint density at radius 2 is 2.06 bits per heavy atom. The molecule has 1 unspecified atom stereocenters. The van der Waals surface area contributed by atoms with Crippen LogP contribution in [0.3, 0.4) is 0 Å². The number of likely N-dealkylation sites (N-methyl/N-ethyl adjacent to an activating group) is 1. The summed E-state index contributed by atoms with van der Waals surface area (Å²) in [6.07, 6.45) is 1.78. The van der Waals surface area contributed by atoms with E-state index < -0.39 is 5.60 Å². The van der Waals surface area contributed by atoms with Crippen molar-refractivity contribution >= 4 is 5.82 Å². The number of nitrogens with zero attached hydrogens (tertiary/aromatic N) is 3. The fourth-order valence-electron chi connectivity index (χ4n) is 2.40. The molecule has 0 bridgehead atoms. The molecule has 2 rings (SSSR count). The number of hydrogen-bond acceptors (Lipinski definition) is 4. The minimum atomic E-state index is -0.820. The maximum absolute atomic E-state index is 9.92. The molecule has 1 saturated heterocycles. The van der Waals surface area contributed by atoms with Crippen molar-refractivity contribution in [2.45, 2.75) is 32.4 Å². The van der Waals surface area contributed by atoms with Crippen molar-refractivity contribution in [1.82, 2.24) is 9.88 Å². The van der Waals surface area contributed by atoms with Gasteiger partial charge in [0.15, 0.2) is 0 Å². The van der Waals surface area contributed by atoms with Gasteiger partial charge >= 0.3 is 0 Å². The third-order valence-corrected chi connectivity index (χ3v) is 3.58. The van der Waals surface area contributed by atoms with Crippen molar-refractivity contribution in [3.63, 3.8) is 0 Å². The molecule has 1 aliphatic heterocycles. The second-order valence-corrected chi connectivity index (χ2v) is 5.77. The highest BCUT2D eigenvalue weighted by atomic mass is 16.3. The molecule has 1 aliphatic rings. The highest BCUT2D eigenvalue weighted by molar-refractivity contribution is 5.42. The Balaban J connectivity index is 2.15. The van der Waals surface area contributed by atoms with Gasteiger partial charge in [-0.25, -0.2) is 4.98 Å². The minimum absolute atomic E-state index is 0.476. The average molecular weight is 249 g/mol. The summed E-state index contributed by atoms with van der Waals surface area (Å²) in [5, 5.41) is 9.92. The van der Waals surface area contributed by atoms with Gasteiger partial charge in [0.05, 0.1) is 5.60 Å². The predicted molar refractivity (Wildman–Crippen MR) is 73.8 cm³/mol. The molecule has 0 saturated carbocycles. The van der Waals surface area contributed by atoms with E-state index >= 15 is 0 Å². The van der Waals surface area contributed by atoms with Crippen LogP contribution in [0.2, 0.25) is 0 Å². The smallest absolute Gasteiger partial charge is 0.128 e. The molecule has 0 spiro atoms. The van der Waals surface area contributed by atoms with Gasteiger partial charge < -0.3 is 14.9 Å². The first-order valence-electron chi connectivity index (χ1n) is 6.52. The molecule has 0 amide bonds. The minimum Gasteiger partial charge on any atom is -0.386 e. The Morgan fingerprint density at radius 1 is 1.33 bits per heavy atom. The molecule has 2 heterocycles. The van der Waals surface area contributed by atoms with E-state index in [4.69, 9.17) is 0 Å². The molecule has 4 heteroatoms. The SMILES string of the molecule is CC1CN(C)CCN1c1ccc(C(C)(C)O)cn1. The first kappa shape index (κ1) is 13.3. The van der Waals surface area contributed by atoms with Crippen LogP contribution in [0.25, 0.3) is 0 Å². The lowest BCUT2D eigenvalue weighted by Gasteiger charge is -2.39. The van der Waals surface area contributed by atoms with Crippen LogP contribution >= 0.6 is 0 Å². The van der Waals surface area contributed by atoms with Crippen molar-refractivity contribution in [3.05, 3.63) is 23.9 Å². The van der Waals surface area contributed by atoms with Gasteiger partial charge in [-0.05, 0) is 33.9 Å². The summed E-state index contributed by atoms with van der Waals surface area (Å²) in [5.41, 5.74) is 0.0345. The molecule has 0 radical (unpaired) electrons. The second-order valence-electron chi connectivity index (χ2n) is 5.77. The van der Waals surface area contributed by atoms with Crippen molar-refractivity contribution < 1.29 is 5.11 Å². The second kappa shape index (κ2) is 4.86. The molecule has 0 aliphatic carbocycles. The van der Waals surface area contributed by atoms with Crippen molar-refractivity contribution in [2.75, 3.05) is 31.6 Å². The van der Waals surface area contributed by atoms with Crippen molar-refractivity contribution in [3.8, 4) is 0 Å². The molecule has 1 N–H and O–H groups in total. The molecular formula is C14H23N3O. The number of aliphatic hydroxyl groups is 1. The first-order valence-corrected chi connectivity index (χ1v) is 6.52. The fourth-order valence-corrected chi connectivity index (χ4v) is 2.40. The highest BCUT2D eigenvalue weighted by Crippen LogP contribution is 2.22. The van der Waals surface area contributed by atoms with Crippen LogP contribution in [-0.4, -0.2) is 47.7 Å². The Bertz CT molecular complexity index is 396. The summed E-state index contributed by atoms with van der Waals surface area (Å²) >= 11 is 0. The predicted octanol–water partition coefficient (Wildman–Crippen LogP) is 1.45. The molecule has 100 valence electrons. The van der Waals surface area contributed by atoms with Crippen LogP contribution in [0.5, 0.6) is 0 Å². The monoisotopic (exact) mass is 249 g/mol. The van der Waals surface area contributed by atoms with Crippen LogP contribution < -0.4 is 4.90 Å². The van der Waals surface area contributed by atoms with Crippen molar-refractivity contribution in [2.24, 2.45) is 0 Å². The zero-order chi connectivity index (χ0) is 13.3. The summed E-state index contributed by atoms with van der Waals surface area (Å²) in [5.74, 6) is 1.00. The normalized spacial score (nSPS) is 22.3. The summed E-state index contributed by atoms with van der Waals surface area (Å²) < 4.78 is 0. The van der Waals surface area contributed by atoms with E-state index in [9.17, 15) is 5.11 Å². The number of piperazine rings is 1. The first-order chi connectivity index (χ1) is 8.38. The van der Waals surface area contributed by atoms with E-state index in [1.165, 1.54) is 0 Å². The molecule has 1 aromatic heterocycles. The lowest BCUT2D eigenvalue weighted by Crippen LogP contribution is -2.50. The van der Waals surface area contributed by atoms with Gasteiger partial charge in [-0.3, -0.25) is 0 Å². The lowest BCUT2D eigenvalue weighted by atomic mass is 10.0. The molecule has 1 fully saturated rings. The molecule has 1 atom stereocenters. The van der Waals surface area contributed by atoms with Gasteiger partial charge in [-0.2, -0.15) is 0 Å². The number of anilines is 1. The summed E-state index contributed by atoms with van der Waals surface area (Å²) in [6, 6.07) is 4.45. The summed E-state index contributed by atoms with van der Waals surface area (Å²) in [6.45, 7) is 8.92. The largest absolute Gasteiger partial charge is 0.386 e. The van der Waals surface area contributed by atoms with Crippen LogP contribution in [-0.2, 0) is 5.60 Å². The number of rotatable bonds is 2. The number of aromatic nitrogens is 1. The summed E-state index contributed by atoms with van der Waals surface area (Å²) in [7, 11) is 2.15. The molecule has 4 nitrogen and oxygen atoms in total. The van der Waals surface area contributed by atoms with Gasteiger partial charge in [0.2, 0.25) is 0 Å². The lowest BCUT2D eigenvalue weighted by molar-refractivity contribution is 0.0782. The van der Waals surface area contributed by atoms with Gasteiger partial charge in [0.1, 0.15) is 5.82 Å². The van der Waals surface area contributed by atoms with E-state index in [1.807, 2.05) is 12.1 Å². The molecule has 18 heavy (non-hydrogen) atoms. The zero-order valence-corrected chi connectivity index (χ0v) is 11.7. The Labute approximate surface area is 109 Å². The van der Waals surface area contributed by atoms with Crippen LogP contribution in [0.15, 0.2) is 18.3 Å². The standard InChI is InChI=1S/C14H23N3O/c1-11-10-16(4)7-8-17(11)13-6-5-12(9-15-13)14(2,3)18/h5-6,9,11,18H,7-8,10H2,1-4H3. The van der Waals surface area contributed by atoms with E-state index in [0.29, 0.717) is 6.04 Å². The number of pyridine rings is 1. The topological polar surface area (TPSA) is 39.6 Å². The van der Waals surface area contributed by atoms with Gasteiger partial charge in [-0.15, -0.1) is 0 Å². The van der Waals surface area contributed by atoms with Crippen LogP contribution in [0.4, 0.5) is 5.82 Å². The maximum Gasteiger partial charge on any atom is 0.128 e. The fraction of sp³-hybridized carbons (Fsp3) is 0.643. The van der Waals surface area contributed by atoms with E-state index in [2.05, 4.69) is 28.8 Å². The quantitative estimate of drug-likeness (QED) is 0.861. The average Bonchev–Trinajstić information content (AvgIpc) is 2.28. The third kappa shape index (κ3) is 2.82. The summed E-state index contributed by atoms with van der Waals surface area (Å²) in [4.78, 5) is 9.16. The van der Waals surface area contributed by atoms with E-state index in [-0.39, 0.29) is 0 Å². The van der Waals surface area contributed by atoms with Crippen LogP contribution in [0, 0.1) is 0 Å². The van der Waals surface area contributed by atoms with Crippen molar-refractivity contribution in [1.29, 1.82) is 0 Å². The third-order valence-electron chi connectivity index (χ3n) is 3.58. The van der Waals surface area contributed by atoms with E-state index in [0.717, 1.165) is 31.0 Å².